The van der Waals surface area contributed by atoms with E-state index < -0.39 is 0 Å². The number of aromatic nitrogens is 3. The lowest BCUT2D eigenvalue weighted by atomic mass is 10.1. The molecule has 0 aliphatic rings. The third-order valence-corrected chi connectivity index (χ3v) is 3.71. The van der Waals surface area contributed by atoms with Gasteiger partial charge in [0.2, 0.25) is 5.91 Å². The Hall–Kier alpha value is -2.21. The largest absolute Gasteiger partial charge is 0.308 e. The Morgan fingerprint density at radius 3 is 2.50 bits per heavy atom. The number of aromatic amines is 1. The molecule has 0 bridgehead atoms. The van der Waals surface area contributed by atoms with Gasteiger partial charge in [0, 0.05) is 23.5 Å². The van der Waals surface area contributed by atoms with Crippen molar-refractivity contribution >= 4 is 11.7 Å². The Bertz CT molecular complexity index is 604. The third kappa shape index (κ3) is 3.71. The summed E-state index contributed by atoms with van der Waals surface area (Å²) in [4.78, 5) is 18.2. The van der Waals surface area contributed by atoms with E-state index in [4.69, 9.17) is 0 Å². The summed E-state index contributed by atoms with van der Waals surface area (Å²) < 4.78 is 0. The number of nitrogens with zero attached hydrogens (tertiary/aromatic N) is 3. The number of pyridine rings is 1. The second-order valence-corrected chi connectivity index (χ2v) is 5.02. The molecule has 0 saturated heterocycles. The highest BCUT2D eigenvalue weighted by atomic mass is 16.2. The van der Waals surface area contributed by atoms with Crippen molar-refractivity contribution < 1.29 is 4.79 Å². The summed E-state index contributed by atoms with van der Waals surface area (Å²) in [5, 5.41) is 10.2. The molecule has 0 saturated carbocycles. The third-order valence-electron chi connectivity index (χ3n) is 3.71. The van der Waals surface area contributed by atoms with Crippen molar-refractivity contribution in [2.75, 3.05) is 25.0 Å². The molecular weight excluding hydrogens is 278 g/mol. The number of hydrogen-bond acceptors (Lipinski definition) is 4. The molecule has 22 heavy (non-hydrogen) atoms. The van der Waals surface area contributed by atoms with Gasteiger partial charge in [-0.3, -0.25) is 19.8 Å². The maximum atomic E-state index is 12.1. The molecule has 2 N–H and O–H groups in total. The van der Waals surface area contributed by atoms with Crippen LogP contribution in [-0.4, -0.2) is 45.6 Å². The minimum absolute atomic E-state index is 0.0359. The minimum atomic E-state index is -0.0359. The molecule has 118 valence electrons. The van der Waals surface area contributed by atoms with Crippen molar-refractivity contribution in [1.82, 2.24) is 20.1 Å². The molecule has 6 nitrogen and oxygen atoms in total. The SMILES string of the molecule is CCc1c(NC(=O)CN(CC)CC)n[nH]c1-c1ccncc1. The Kier molecular flexibility index (Phi) is 5.66. The van der Waals surface area contributed by atoms with Crippen molar-refractivity contribution in [2.45, 2.75) is 27.2 Å². The number of nitrogens with one attached hydrogen (secondary N) is 2. The Morgan fingerprint density at radius 2 is 1.91 bits per heavy atom. The zero-order valence-corrected chi connectivity index (χ0v) is 13.4. The van der Waals surface area contributed by atoms with Crippen LogP contribution >= 0.6 is 0 Å². The number of anilines is 1. The highest BCUT2D eigenvalue weighted by molar-refractivity contribution is 5.93. The van der Waals surface area contributed by atoms with Gasteiger partial charge in [0.05, 0.1) is 12.2 Å². The topological polar surface area (TPSA) is 73.9 Å². The highest BCUT2D eigenvalue weighted by Gasteiger charge is 2.16. The standard InChI is InChI=1S/C16H23N5O/c1-4-13-15(12-7-9-17-10-8-12)19-20-16(13)18-14(22)11-21(5-2)6-3/h7-10H,4-6,11H2,1-3H3,(H2,18,19,20,22). The summed E-state index contributed by atoms with van der Waals surface area (Å²) in [5.74, 6) is 0.581. The van der Waals surface area contributed by atoms with E-state index in [1.807, 2.05) is 26.0 Å². The van der Waals surface area contributed by atoms with E-state index in [2.05, 4.69) is 32.3 Å². The molecule has 2 rings (SSSR count). The number of amides is 1. The van der Waals surface area contributed by atoms with E-state index in [-0.39, 0.29) is 5.91 Å². The van der Waals surface area contributed by atoms with Crippen LogP contribution in [-0.2, 0) is 11.2 Å². The summed E-state index contributed by atoms with van der Waals surface area (Å²) in [7, 11) is 0. The molecule has 2 aromatic heterocycles. The normalized spacial score (nSPS) is 10.9. The number of carbonyl (C=O) groups is 1. The molecule has 0 aliphatic carbocycles. The van der Waals surface area contributed by atoms with Crippen LogP contribution in [0.3, 0.4) is 0 Å². The molecule has 1 amide bonds. The van der Waals surface area contributed by atoms with E-state index in [9.17, 15) is 4.79 Å². The molecule has 0 spiro atoms. The van der Waals surface area contributed by atoms with E-state index in [1.165, 1.54) is 0 Å². The van der Waals surface area contributed by atoms with Crippen LogP contribution in [0.1, 0.15) is 26.3 Å². The molecule has 0 unspecified atom stereocenters. The molecule has 0 atom stereocenters. The summed E-state index contributed by atoms with van der Waals surface area (Å²) in [5.41, 5.74) is 2.96. The van der Waals surface area contributed by atoms with Crippen LogP contribution in [0.2, 0.25) is 0 Å². The van der Waals surface area contributed by atoms with Gasteiger partial charge in [-0.05, 0) is 31.6 Å². The average molecular weight is 301 g/mol. The monoisotopic (exact) mass is 301 g/mol. The Balaban J connectivity index is 2.16. The van der Waals surface area contributed by atoms with Gasteiger partial charge < -0.3 is 5.32 Å². The van der Waals surface area contributed by atoms with Crippen LogP contribution in [0.25, 0.3) is 11.3 Å². The lowest BCUT2D eigenvalue weighted by molar-refractivity contribution is -0.117. The lowest BCUT2D eigenvalue weighted by Gasteiger charge is -2.16. The van der Waals surface area contributed by atoms with Crippen LogP contribution in [0.4, 0.5) is 5.82 Å². The van der Waals surface area contributed by atoms with E-state index in [0.29, 0.717) is 12.4 Å². The van der Waals surface area contributed by atoms with Gasteiger partial charge in [-0.1, -0.05) is 20.8 Å². The number of likely N-dealkylation sites (N-methyl/N-ethyl adjacent to an activating group) is 1. The van der Waals surface area contributed by atoms with Gasteiger partial charge in [0.15, 0.2) is 5.82 Å². The van der Waals surface area contributed by atoms with Crippen molar-refractivity contribution in [3.63, 3.8) is 0 Å². The molecule has 0 aliphatic heterocycles. The quantitative estimate of drug-likeness (QED) is 0.823. The van der Waals surface area contributed by atoms with Crippen LogP contribution in [0, 0.1) is 0 Å². The van der Waals surface area contributed by atoms with Crippen LogP contribution in [0.5, 0.6) is 0 Å². The maximum absolute atomic E-state index is 12.1. The molecule has 0 aromatic carbocycles. The minimum Gasteiger partial charge on any atom is -0.308 e. The van der Waals surface area contributed by atoms with Gasteiger partial charge in [0.1, 0.15) is 0 Å². The molecule has 0 fully saturated rings. The highest BCUT2D eigenvalue weighted by Crippen LogP contribution is 2.26. The Morgan fingerprint density at radius 1 is 1.23 bits per heavy atom. The first-order valence-electron chi connectivity index (χ1n) is 7.69. The first-order chi connectivity index (χ1) is 10.7. The second-order valence-electron chi connectivity index (χ2n) is 5.02. The van der Waals surface area contributed by atoms with Gasteiger partial charge in [0.25, 0.3) is 0 Å². The number of hydrogen-bond donors (Lipinski definition) is 2. The van der Waals surface area contributed by atoms with E-state index >= 15 is 0 Å². The van der Waals surface area contributed by atoms with Crippen molar-refractivity contribution in [3.8, 4) is 11.3 Å². The fourth-order valence-corrected chi connectivity index (χ4v) is 2.39. The van der Waals surface area contributed by atoms with Crippen LogP contribution in [0.15, 0.2) is 24.5 Å². The summed E-state index contributed by atoms with van der Waals surface area (Å²) in [6.07, 6.45) is 4.28. The van der Waals surface area contributed by atoms with Gasteiger partial charge in [-0.25, -0.2) is 0 Å². The predicted octanol–water partition coefficient (Wildman–Crippen LogP) is 2.31. The smallest absolute Gasteiger partial charge is 0.239 e. The van der Waals surface area contributed by atoms with Crippen molar-refractivity contribution in [1.29, 1.82) is 0 Å². The number of rotatable bonds is 7. The van der Waals surface area contributed by atoms with Crippen molar-refractivity contribution in [2.24, 2.45) is 0 Å². The number of carbonyl (C=O) groups excluding carboxylic acids is 1. The molecule has 0 radical (unpaired) electrons. The van der Waals surface area contributed by atoms with Gasteiger partial charge in [-0.15, -0.1) is 0 Å². The molecule has 2 aromatic rings. The van der Waals surface area contributed by atoms with Gasteiger partial charge in [-0.2, -0.15) is 5.10 Å². The summed E-state index contributed by atoms with van der Waals surface area (Å²) >= 11 is 0. The maximum Gasteiger partial charge on any atom is 0.239 e. The zero-order chi connectivity index (χ0) is 15.9. The first-order valence-corrected chi connectivity index (χ1v) is 7.69. The van der Waals surface area contributed by atoms with Crippen LogP contribution < -0.4 is 5.32 Å². The summed E-state index contributed by atoms with van der Waals surface area (Å²) in [6, 6.07) is 3.85. The van der Waals surface area contributed by atoms with Gasteiger partial charge >= 0.3 is 0 Å². The van der Waals surface area contributed by atoms with E-state index in [0.717, 1.165) is 36.3 Å². The van der Waals surface area contributed by atoms with E-state index in [1.54, 1.807) is 12.4 Å². The summed E-state index contributed by atoms with van der Waals surface area (Å²) in [6.45, 7) is 8.23. The fourth-order valence-electron chi connectivity index (χ4n) is 2.39. The zero-order valence-electron chi connectivity index (χ0n) is 13.4. The fraction of sp³-hybridized carbons (Fsp3) is 0.438. The Labute approximate surface area is 130 Å². The molecule has 2 heterocycles. The average Bonchev–Trinajstić information content (AvgIpc) is 2.95. The number of H-pyrrole nitrogens is 1. The van der Waals surface area contributed by atoms with Crippen molar-refractivity contribution in [3.05, 3.63) is 30.1 Å². The second kappa shape index (κ2) is 7.70. The predicted molar refractivity (Wildman–Crippen MR) is 87.6 cm³/mol. The lowest BCUT2D eigenvalue weighted by Crippen LogP contribution is -2.33. The molecule has 6 heteroatoms. The molecular formula is C16H23N5O. The first kappa shape index (κ1) is 16.2.